The van der Waals surface area contributed by atoms with Gasteiger partial charge in [-0.15, -0.1) is 0 Å². The topological polar surface area (TPSA) is 90.6 Å². The Hall–Kier alpha value is -2.70. The van der Waals surface area contributed by atoms with Gasteiger partial charge in [0.15, 0.2) is 5.82 Å². The molecular formula is C18H22N6O. The van der Waals surface area contributed by atoms with E-state index < -0.39 is 0 Å². The second kappa shape index (κ2) is 6.66. The molecule has 1 aromatic carbocycles. The molecule has 1 aliphatic rings. The van der Waals surface area contributed by atoms with Crippen LogP contribution < -0.4 is 0 Å². The Balaban J connectivity index is 1.40. The van der Waals surface area contributed by atoms with Gasteiger partial charge in [0.2, 0.25) is 5.91 Å². The SMILES string of the molecule is Cc1nc(CCC(=O)N2CCCC(c3nc4ccccc4[nH]3)C2)n[nH]1. The lowest BCUT2D eigenvalue weighted by Crippen LogP contribution is -2.39. The minimum absolute atomic E-state index is 0.170. The number of para-hydroxylation sites is 2. The molecule has 4 rings (SSSR count). The van der Waals surface area contributed by atoms with Crippen molar-refractivity contribution in [3.05, 3.63) is 41.7 Å². The summed E-state index contributed by atoms with van der Waals surface area (Å²) in [6.07, 6.45) is 3.09. The first-order chi connectivity index (χ1) is 12.2. The highest BCUT2D eigenvalue weighted by Crippen LogP contribution is 2.27. The molecule has 130 valence electrons. The predicted octanol–water partition coefficient (Wildman–Crippen LogP) is 2.33. The first-order valence-corrected chi connectivity index (χ1v) is 8.79. The van der Waals surface area contributed by atoms with Crippen LogP contribution in [0.2, 0.25) is 0 Å². The zero-order valence-corrected chi connectivity index (χ0v) is 14.3. The molecular weight excluding hydrogens is 316 g/mol. The number of piperidine rings is 1. The summed E-state index contributed by atoms with van der Waals surface area (Å²) in [5.74, 6) is 2.92. The van der Waals surface area contributed by atoms with Crippen molar-refractivity contribution in [2.45, 2.75) is 38.5 Å². The largest absolute Gasteiger partial charge is 0.342 e. The molecule has 1 unspecified atom stereocenters. The number of carbonyl (C=O) groups excluding carboxylic acids is 1. The molecule has 1 atom stereocenters. The van der Waals surface area contributed by atoms with Crippen molar-refractivity contribution in [1.29, 1.82) is 0 Å². The van der Waals surface area contributed by atoms with Crippen molar-refractivity contribution in [3.8, 4) is 0 Å². The summed E-state index contributed by atoms with van der Waals surface area (Å²) in [6.45, 7) is 3.41. The number of hydrogen-bond donors (Lipinski definition) is 2. The molecule has 7 heteroatoms. The summed E-state index contributed by atoms with van der Waals surface area (Å²) in [5.41, 5.74) is 2.04. The number of amides is 1. The lowest BCUT2D eigenvalue weighted by Gasteiger charge is -2.31. The molecule has 2 N–H and O–H groups in total. The minimum atomic E-state index is 0.170. The maximum Gasteiger partial charge on any atom is 0.223 e. The van der Waals surface area contributed by atoms with Gasteiger partial charge in [0.05, 0.1) is 11.0 Å². The van der Waals surface area contributed by atoms with E-state index in [1.54, 1.807) is 0 Å². The molecule has 0 bridgehead atoms. The summed E-state index contributed by atoms with van der Waals surface area (Å²) in [6, 6.07) is 8.05. The molecule has 0 spiro atoms. The molecule has 25 heavy (non-hydrogen) atoms. The first kappa shape index (κ1) is 15.8. The highest BCUT2D eigenvalue weighted by molar-refractivity contribution is 5.77. The number of fused-ring (bicyclic) bond motifs is 1. The Morgan fingerprint density at radius 3 is 3.00 bits per heavy atom. The normalized spacial score (nSPS) is 18.0. The summed E-state index contributed by atoms with van der Waals surface area (Å²) < 4.78 is 0. The fourth-order valence-corrected chi connectivity index (χ4v) is 3.47. The number of imidazole rings is 1. The van der Waals surface area contributed by atoms with E-state index in [-0.39, 0.29) is 11.8 Å². The van der Waals surface area contributed by atoms with E-state index in [1.165, 1.54) is 0 Å². The van der Waals surface area contributed by atoms with E-state index in [1.807, 2.05) is 36.1 Å². The summed E-state index contributed by atoms with van der Waals surface area (Å²) in [7, 11) is 0. The molecule has 1 fully saturated rings. The van der Waals surface area contributed by atoms with Crippen molar-refractivity contribution < 1.29 is 4.79 Å². The monoisotopic (exact) mass is 338 g/mol. The van der Waals surface area contributed by atoms with Crippen LogP contribution in [-0.4, -0.2) is 49.0 Å². The smallest absolute Gasteiger partial charge is 0.223 e. The van der Waals surface area contributed by atoms with Gasteiger partial charge in [-0.3, -0.25) is 9.89 Å². The van der Waals surface area contributed by atoms with Gasteiger partial charge in [-0.25, -0.2) is 9.97 Å². The Morgan fingerprint density at radius 2 is 2.20 bits per heavy atom. The average molecular weight is 338 g/mol. The molecule has 2 aromatic heterocycles. The number of benzene rings is 1. The standard InChI is InChI=1S/C18H22N6O/c1-12-19-16(23-22-12)8-9-17(25)24-10-4-5-13(11-24)18-20-14-6-2-3-7-15(14)21-18/h2-3,6-7,13H,4-5,8-11H2,1H3,(H,20,21)(H,19,22,23). The minimum Gasteiger partial charge on any atom is -0.342 e. The van der Waals surface area contributed by atoms with E-state index in [0.717, 1.165) is 48.6 Å². The van der Waals surface area contributed by atoms with Crippen LogP contribution in [0.5, 0.6) is 0 Å². The van der Waals surface area contributed by atoms with Gasteiger partial charge >= 0.3 is 0 Å². The molecule has 0 radical (unpaired) electrons. The maximum atomic E-state index is 12.6. The van der Waals surface area contributed by atoms with Crippen LogP contribution in [0.1, 0.15) is 42.7 Å². The summed E-state index contributed by atoms with van der Waals surface area (Å²) >= 11 is 0. The Morgan fingerprint density at radius 1 is 1.32 bits per heavy atom. The lowest BCUT2D eigenvalue weighted by atomic mass is 9.97. The Kier molecular flexibility index (Phi) is 4.21. The number of H-pyrrole nitrogens is 2. The van der Waals surface area contributed by atoms with Gasteiger partial charge in [0, 0.05) is 31.8 Å². The molecule has 1 saturated heterocycles. The fourth-order valence-electron chi connectivity index (χ4n) is 3.47. The molecule has 7 nitrogen and oxygen atoms in total. The first-order valence-electron chi connectivity index (χ1n) is 8.79. The van der Waals surface area contributed by atoms with Crippen molar-refractivity contribution in [1.82, 2.24) is 30.0 Å². The third-order valence-electron chi connectivity index (χ3n) is 4.77. The average Bonchev–Trinajstić information content (AvgIpc) is 3.25. The van der Waals surface area contributed by atoms with E-state index in [4.69, 9.17) is 4.98 Å². The van der Waals surface area contributed by atoms with E-state index in [0.29, 0.717) is 18.7 Å². The fraction of sp³-hybridized carbons (Fsp3) is 0.444. The number of nitrogens with zero attached hydrogens (tertiary/aromatic N) is 4. The Bertz CT molecular complexity index is 849. The number of likely N-dealkylation sites (tertiary alicyclic amines) is 1. The van der Waals surface area contributed by atoms with Gasteiger partial charge in [0.1, 0.15) is 11.6 Å². The molecule has 0 aliphatic carbocycles. The van der Waals surface area contributed by atoms with Crippen molar-refractivity contribution in [3.63, 3.8) is 0 Å². The van der Waals surface area contributed by atoms with E-state index in [2.05, 4.69) is 20.2 Å². The molecule has 3 heterocycles. The Labute approximate surface area is 145 Å². The lowest BCUT2D eigenvalue weighted by molar-refractivity contribution is -0.132. The van der Waals surface area contributed by atoms with E-state index >= 15 is 0 Å². The van der Waals surface area contributed by atoms with Crippen molar-refractivity contribution in [2.75, 3.05) is 13.1 Å². The highest BCUT2D eigenvalue weighted by Gasteiger charge is 2.26. The number of aromatic amines is 2. The molecule has 1 aliphatic heterocycles. The van der Waals surface area contributed by atoms with Crippen LogP contribution in [0.25, 0.3) is 11.0 Å². The van der Waals surface area contributed by atoms with Crippen LogP contribution in [-0.2, 0) is 11.2 Å². The number of aromatic nitrogens is 5. The number of rotatable bonds is 4. The van der Waals surface area contributed by atoms with Crippen molar-refractivity contribution in [2.24, 2.45) is 0 Å². The number of nitrogens with one attached hydrogen (secondary N) is 2. The van der Waals surface area contributed by atoms with Crippen molar-refractivity contribution >= 4 is 16.9 Å². The van der Waals surface area contributed by atoms with Crippen LogP contribution in [0.15, 0.2) is 24.3 Å². The summed E-state index contributed by atoms with van der Waals surface area (Å²) in [4.78, 5) is 26.9. The van der Waals surface area contributed by atoms with Crippen LogP contribution in [0.4, 0.5) is 0 Å². The van der Waals surface area contributed by atoms with Crippen LogP contribution >= 0.6 is 0 Å². The van der Waals surface area contributed by atoms with Crippen LogP contribution in [0, 0.1) is 6.92 Å². The molecule has 3 aromatic rings. The zero-order chi connectivity index (χ0) is 17.2. The third-order valence-corrected chi connectivity index (χ3v) is 4.77. The van der Waals surface area contributed by atoms with E-state index in [9.17, 15) is 4.79 Å². The number of carbonyl (C=O) groups is 1. The second-order valence-electron chi connectivity index (χ2n) is 6.66. The highest BCUT2D eigenvalue weighted by atomic mass is 16.2. The number of hydrogen-bond acceptors (Lipinski definition) is 4. The third kappa shape index (κ3) is 3.40. The quantitative estimate of drug-likeness (QED) is 0.764. The van der Waals surface area contributed by atoms with Crippen LogP contribution in [0.3, 0.4) is 0 Å². The van der Waals surface area contributed by atoms with Gasteiger partial charge in [0.25, 0.3) is 0 Å². The van der Waals surface area contributed by atoms with Gasteiger partial charge in [-0.1, -0.05) is 12.1 Å². The maximum absolute atomic E-state index is 12.6. The van der Waals surface area contributed by atoms with Gasteiger partial charge < -0.3 is 9.88 Å². The molecule has 0 saturated carbocycles. The zero-order valence-electron chi connectivity index (χ0n) is 14.3. The van der Waals surface area contributed by atoms with Gasteiger partial charge in [-0.2, -0.15) is 5.10 Å². The number of aryl methyl sites for hydroxylation is 2. The predicted molar refractivity (Wildman–Crippen MR) is 94.1 cm³/mol. The summed E-state index contributed by atoms with van der Waals surface area (Å²) in [5, 5.41) is 6.91. The molecule has 1 amide bonds. The second-order valence-corrected chi connectivity index (χ2v) is 6.66. The van der Waals surface area contributed by atoms with Gasteiger partial charge in [-0.05, 0) is 31.9 Å².